The van der Waals surface area contributed by atoms with Crippen LogP contribution in [0.2, 0.25) is 0 Å². The first-order valence-electron chi connectivity index (χ1n) is 7.90. The van der Waals surface area contributed by atoms with E-state index in [4.69, 9.17) is 9.72 Å². The molecule has 1 unspecified atom stereocenters. The fraction of sp³-hybridized carbons (Fsp3) is 0.500. The maximum absolute atomic E-state index is 5.16. The lowest BCUT2D eigenvalue weighted by Crippen LogP contribution is -2.32. The first-order chi connectivity index (χ1) is 10.3. The van der Waals surface area contributed by atoms with Gasteiger partial charge in [0.05, 0.1) is 5.52 Å². The van der Waals surface area contributed by atoms with E-state index in [0.29, 0.717) is 6.04 Å². The van der Waals surface area contributed by atoms with Crippen LogP contribution in [0.1, 0.15) is 31.9 Å². The zero-order valence-corrected chi connectivity index (χ0v) is 13.1. The molecule has 0 radical (unpaired) electrons. The maximum atomic E-state index is 5.16. The molecule has 114 valence electrons. The molecular weight excluding hydrogens is 260 g/mol. The summed E-state index contributed by atoms with van der Waals surface area (Å²) in [5, 5.41) is 4.84. The van der Waals surface area contributed by atoms with E-state index in [1.54, 1.807) is 7.11 Å². The number of pyridine rings is 1. The molecule has 3 nitrogen and oxygen atoms in total. The summed E-state index contributed by atoms with van der Waals surface area (Å²) in [6, 6.07) is 13.1. The van der Waals surface area contributed by atoms with E-state index in [-0.39, 0.29) is 0 Å². The van der Waals surface area contributed by atoms with Crippen LogP contribution >= 0.6 is 0 Å². The van der Waals surface area contributed by atoms with Crippen molar-refractivity contribution in [1.29, 1.82) is 0 Å². The topological polar surface area (TPSA) is 34.1 Å². The van der Waals surface area contributed by atoms with Crippen molar-refractivity contribution in [2.24, 2.45) is 0 Å². The van der Waals surface area contributed by atoms with Gasteiger partial charge in [-0.1, -0.05) is 31.2 Å². The number of benzene rings is 1. The highest BCUT2D eigenvalue weighted by Crippen LogP contribution is 2.14. The predicted octanol–water partition coefficient (Wildman–Crippen LogP) is 3.57. The Hall–Kier alpha value is -1.45. The van der Waals surface area contributed by atoms with Crippen molar-refractivity contribution in [3.05, 3.63) is 42.1 Å². The van der Waals surface area contributed by atoms with Crippen LogP contribution in [0.25, 0.3) is 10.9 Å². The maximum Gasteiger partial charge on any atom is 0.0705 e. The smallest absolute Gasteiger partial charge is 0.0705 e. The number of aromatic nitrogens is 1. The summed E-state index contributed by atoms with van der Waals surface area (Å²) in [6.45, 7) is 4.09. The van der Waals surface area contributed by atoms with Crippen LogP contribution in [-0.2, 0) is 11.2 Å². The van der Waals surface area contributed by atoms with Crippen molar-refractivity contribution >= 4 is 10.9 Å². The lowest BCUT2D eigenvalue weighted by Gasteiger charge is -2.18. The molecule has 0 saturated heterocycles. The number of rotatable bonds is 9. The number of para-hydroxylation sites is 1. The second kappa shape index (κ2) is 8.75. The Morgan fingerprint density at radius 2 is 2.05 bits per heavy atom. The summed E-state index contributed by atoms with van der Waals surface area (Å²) in [7, 11) is 1.76. The summed E-state index contributed by atoms with van der Waals surface area (Å²) in [5.74, 6) is 0. The van der Waals surface area contributed by atoms with Crippen molar-refractivity contribution < 1.29 is 4.74 Å². The molecule has 1 aromatic heterocycles. The van der Waals surface area contributed by atoms with Gasteiger partial charge in [0.1, 0.15) is 0 Å². The van der Waals surface area contributed by atoms with Crippen molar-refractivity contribution in [3.63, 3.8) is 0 Å². The van der Waals surface area contributed by atoms with E-state index < -0.39 is 0 Å². The molecule has 3 heteroatoms. The SMILES string of the molecule is CCCNC(CCCOC)Cc1ccc2ccccc2n1. The van der Waals surface area contributed by atoms with Gasteiger partial charge in [0, 0.05) is 37.3 Å². The molecular formula is C18H26N2O. The minimum absolute atomic E-state index is 0.480. The highest BCUT2D eigenvalue weighted by molar-refractivity contribution is 5.78. The normalized spacial score (nSPS) is 12.7. The summed E-state index contributed by atoms with van der Waals surface area (Å²) < 4.78 is 5.16. The predicted molar refractivity (Wildman–Crippen MR) is 88.6 cm³/mol. The van der Waals surface area contributed by atoms with E-state index in [1.807, 2.05) is 6.07 Å². The Morgan fingerprint density at radius 1 is 1.19 bits per heavy atom. The van der Waals surface area contributed by atoms with Crippen LogP contribution in [0.3, 0.4) is 0 Å². The Labute approximate surface area is 127 Å². The van der Waals surface area contributed by atoms with Gasteiger partial charge < -0.3 is 10.1 Å². The van der Waals surface area contributed by atoms with Gasteiger partial charge in [0.25, 0.3) is 0 Å². The van der Waals surface area contributed by atoms with Crippen molar-refractivity contribution in [2.45, 2.75) is 38.6 Å². The van der Waals surface area contributed by atoms with E-state index in [9.17, 15) is 0 Å². The largest absolute Gasteiger partial charge is 0.385 e. The molecule has 0 bridgehead atoms. The number of nitrogens with one attached hydrogen (secondary N) is 1. The van der Waals surface area contributed by atoms with E-state index in [2.05, 4.69) is 42.6 Å². The first-order valence-corrected chi connectivity index (χ1v) is 7.90. The molecule has 1 heterocycles. The van der Waals surface area contributed by atoms with Gasteiger partial charge in [-0.05, 0) is 37.9 Å². The molecule has 0 saturated carbocycles. The van der Waals surface area contributed by atoms with Gasteiger partial charge in [-0.3, -0.25) is 4.98 Å². The monoisotopic (exact) mass is 286 g/mol. The third-order valence-corrected chi connectivity index (χ3v) is 3.70. The van der Waals surface area contributed by atoms with Gasteiger partial charge in [0.15, 0.2) is 0 Å². The molecule has 0 aliphatic rings. The lowest BCUT2D eigenvalue weighted by atomic mass is 10.0. The van der Waals surface area contributed by atoms with E-state index >= 15 is 0 Å². The van der Waals surface area contributed by atoms with Gasteiger partial charge in [-0.15, -0.1) is 0 Å². The second-order valence-electron chi connectivity index (χ2n) is 5.49. The van der Waals surface area contributed by atoms with Gasteiger partial charge in [-0.2, -0.15) is 0 Å². The Bertz CT molecular complexity index is 541. The molecule has 1 atom stereocenters. The standard InChI is InChI=1S/C18H26N2O/c1-3-12-19-16(8-6-13-21-2)14-17-11-10-15-7-4-5-9-18(15)20-17/h4-5,7,9-11,16,19H,3,6,8,12-14H2,1-2H3. The highest BCUT2D eigenvalue weighted by Gasteiger charge is 2.10. The van der Waals surface area contributed by atoms with Gasteiger partial charge >= 0.3 is 0 Å². The second-order valence-corrected chi connectivity index (χ2v) is 5.49. The van der Waals surface area contributed by atoms with Crippen LogP contribution in [0.4, 0.5) is 0 Å². The van der Waals surface area contributed by atoms with Crippen LogP contribution < -0.4 is 5.32 Å². The number of fused-ring (bicyclic) bond motifs is 1. The molecule has 0 aliphatic heterocycles. The van der Waals surface area contributed by atoms with Crippen LogP contribution in [0.15, 0.2) is 36.4 Å². The third-order valence-electron chi connectivity index (χ3n) is 3.70. The summed E-state index contributed by atoms with van der Waals surface area (Å²) in [6.07, 6.45) is 4.36. The molecule has 0 aliphatic carbocycles. The molecule has 2 aromatic rings. The zero-order valence-electron chi connectivity index (χ0n) is 13.1. The van der Waals surface area contributed by atoms with Gasteiger partial charge in [-0.25, -0.2) is 0 Å². The van der Waals surface area contributed by atoms with Crippen LogP contribution in [0.5, 0.6) is 0 Å². The first kappa shape index (κ1) is 15.9. The molecule has 21 heavy (non-hydrogen) atoms. The number of hydrogen-bond donors (Lipinski definition) is 1. The third kappa shape index (κ3) is 5.10. The molecule has 0 fully saturated rings. The summed E-state index contributed by atoms with van der Waals surface area (Å²) >= 11 is 0. The Balaban J connectivity index is 2.01. The van der Waals surface area contributed by atoms with Crippen molar-refractivity contribution in [1.82, 2.24) is 10.3 Å². The number of nitrogens with zero attached hydrogens (tertiary/aromatic N) is 1. The minimum atomic E-state index is 0.480. The lowest BCUT2D eigenvalue weighted by molar-refractivity contribution is 0.188. The summed E-state index contributed by atoms with van der Waals surface area (Å²) in [5.41, 5.74) is 2.25. The summed E-state index contributed by atoms with van der Waals surface area (Å²) in [4.78, 5) is 4.78. The highest BCUT2D eigenvalue weighted by atomic mass is 16.5. The quantitative estimate of drug-likeness (QED) is 0.716. The fourth-order valence-corrected chi connectivity index (χ4v) is 2.57. The Kier molecular flexibility index (Phi) is 6.64. The van der Waals surface area contributed by atoms with Gasteiger partial charge in [0.2, 0.25) is 0 Å². The number of methoxy groups -OCH3 is 1. The average Bonchev–Trinajstić information content (AvgIpc) is 2.52. The van der Waals surface area contributed by atoms with E-state index in [1.165, 1.54) is 11.1 Å². The van der Waals surface area contributed by atoms with E-state index in [0.717, 1.165) is 44.4 Å². The van der Waals surface area contributed by atoms with Crippen molar-refractivity contribution in [2.75, 3.05) is 20.3 Å². The van der Waals surface area contributed by atoms with Crippen LogP contribution in [0, 0.1) is 0 Å². The zero-order chi connectivity index (χ0) is 14.9. The molecule has 1 aromatic carbocycles. The average molecular weight is 286 g/mol. The molecule has 2 rings (SSSR count). The van der Waals surface area contributed by atoms with Crippen LogP contribution in [-0.4, -0.2) is 31.3 Å². The molecule has 1 N–H and O–H groups in total. The molecule has 0 amide bonds. The minimum Gasteiger partial charge on any atom is -0.385 e. The number of hydrogen-bond acceptors (Lipinski definition) is 3. The van der Waals surface area contributed by atoms with Crippen molar-refractivity contribution in [3.8, 4) is 0 Å². The fourth-order valence-electron chi connectivity index (χ4n) is 2.57. The molecule has 0 spiro atoms. The number of ether oxygens (including phenoxy) is 1. The Morgan fingerprint density at radius 3 is 2.86 bits per heavy atom.